The molecule has 0 radical (unpaired) electrons. The van der Waals surface area contributed by atoms with Gasteiger partial charge in [-0.05, 0) is 38.5 Å². The molecule has 2 fully saturated rings. The first-order valence-electron chi connectivity index (χ1n) is 8.25. The first-order valence-corrected chi connectivity index (χ1v) is 9.64. The zero-order valence-electron chi connectivity index (χ0n) is 13.5. The maximum atomic E-state index is 12.5. The summed E-state index contributed by atoms with van der Waals surface area (Å²) in [5, 5.41) is 0. The average molecular weight is 340 g/mol. The fourth-order valence-electron chi connectivity index (χ4n) is 3.37. The lowest BCUT2D eigenvalue weighted by Crippen LogP contribution is -2.46. The molecule has 0 unspecified atom stereocenters. The van der Waals surface area contributed by atoms with Crippen molar-refractivity contribution in [3.63, 3.8) is 0 Å². The molecule has 0 bridgehead atoms. The van der Waals surface area contributed by atoms with Crippen molar-refractivity contribution in [1.29, 1.82) is 0 Å². The van der Waals surface area contributed by atoms with E-state index in [0.717, 1.165) is 25.7 Å². The lowest BCUT2D eigenvalue weighted by molar-refractivity contribution is 0.239. The number of rotatable bonds is 4. The molecule has 3 rings (SSSR count). The van der Waals surface area contributed by atoms with Gasteiger partial charge in [-0.2, -0.15) is 17.0 Å². The Morgan fingerprint density at radius 1 is 1.13 bits per heavy atom. The van der Waals surface area contributed by atoms with E-state index in [2.05, 4.69) is 4.98 Å². The van der Waals surface area contributed by atoms with E-state index in [1.54, 1.807) is 32.6 Å². The SMILES string of the molecule is Cc1cncn(CC2CCN(S(=O)(=O)N3CCCC3)CC2)c1=O. The molecule has 2 aliphatic rings. The van der Waals surface area contributed by atoms with Gasteiger partial charge in [-0.15, -0.1) is 0 Å². The molecule has 0 atom stereocenters. The van der Waals surface area contributed by atoms with Crippen LogP contribution in [0.4, 0.5) is 0 Å². The lowest BCUT2D eigenvalue weighted by atomic mass is 9.98. The van der Waals surface area contributed by atoms with Crippen LogP contribution in [0.3, 0.4) is 0 Å². The highest BCUT2D eigenvalue weighted by Crippen LogP contribution is 2.24. The van der Waals surface area contributed by atoms with Crippen LogP contribution in [-0.4, -0.2) is 52.8 Å². The van der Waals surface area contributed by atoms with E-state index in [1.165, 1.54) is 0 Å². The quantitative estimate of drug-likeness (QED) is 0.804. The Bertz CT molecular complexity index is 702. The molecule has 1 aromatic rings. The minimum absolute atomic E-state index is 0.00730. The third-order valence-corrected chi connectivity index (χ3v) is 6.85. The zero-order chi connectivity index (χ0) is 16.4. The molecule has 1 aromatic heterocycles. The summed E-state index contributed by atoms with van der Waals surface area (Å²) in [6.45, 7) is 4.75. The number of hydrogen-bond donors (Lipinski definition) is 0. The molecule has 23 heavy (non-hydrogen) atoms. The van der Waals surface area contributed by atoms with Gasteiger partial charge < -0.3 is 0 Å². The molecule has 0 saturated carbocycles. The van der Waals surface area contributed by atoms with Crippen LogP contribution in [-0.2, 0) is 16.8 Å². The Kier molecular flexibility index (Phi) is 4.84. The van der Waals surface area contributed by atoms with Crippen molar-refractivity contribution in [1.82, 2.24) is 18.2 Å². The first kappa shape index (κ1) is 16.6. The Labute approximate surface area is 137 Å². The van der Waals surface area contributed by atoms with Crippen LogP contribution in [0.25, 0.3) is 0 Å². The number of aromatic nitrogens is 2. The minimum Gasteiger partial charge on any atom is -0.299 e. The van der Waals surface area contributed by atoms with Gasteiger partial charge in [-0.1, -0.05) is 0 Å². The van der Waals surface area contributed by atoms with E-state index >= 15 is 0 Å². The molecule has 2 saturated heterocycles. The van der Waals surface area contributed by atoms with E-state index in [9.17, 15) is 13.2 Å². The highest BCUT2D eigenvalue weighted by Gasteiger charge is 2.34. The Morgan fingerprint density at radius 3 is 2.39 bits per heavy atom. The van der Waals surface area contributed by atoms with Crippen molar-refractivity contribution in [2.45, 2.75) is 39.2 Å². The summed E-state index contributed by atoms with van der Waals surface area (Å²) in [5.41, 5.74) is 0.633. The number of piperidine rings is 1. The predicted octanol–water partition coefficient (Wildman–Crippen LogP) is 0.604. The largest absolute Gasteiger partial charge is 0.299 e. The maximum Gasteiger partial charge on any atom is 0.281 e. The van der Waals surface area contributed by atoms with Gasteiger partial charge in [0.15, 0.2) is 0 Å². The Hall–Kier alpha value is -1.25. The number of hydrogen-bond acceptors (Lipinski definition) is 4. The molecule has 0 aromatic carbocycles. The van der Waals surface area contributed by atoms with Gasteiger partial charge in [0.25, 0.3) is 15.8 Å². The van der Waals surface area contributed by atoms with Crippen LogP contribution in [0.1, 0.15) is 31.2 Å². The summed E-state index contributed by atoms with van der Waals surface area (Å²) in [7, 11) is -3.29. The molecule has 8 heteroatoms. The van der Waals surface area contributed by atoms with Gasteiger partial charge in [0.05, 0.1) is 6.33 Å². The fraction of sp³-hybridized carbons (Fsp3) is 0.733. The van der Waals surface area contributed by atoms with E-state index in [4.69, 9.17) is 0 Å². The molecule has 0 aliphatic carbocycles. The maximum absolute atomic E-state index is 12.5. The second-order valence-electron chi connectivity index (χ2n) is 6.49. The summed E-state index contributed by atoms with van der Waals surface area (Å²) in [5.74, 6) is 0.321. The average Bonchev–Trinajstić information content (AvgIpc) is 3.08. The molecule has 3 heterocycles. The summed E-state index contributed by atoms with van der Waals surface area (Å²) < 4.78 is 29.9. The molecule has 7 nitrogen and oxygen atoms in total. The number of nitrogens with zero attached hydrogens (tertiary/aromatic N) is 4. The smallest absolute Gasteiger partial charge is 0.281 e. The molecule has 0 N–H and O–H groups in total. The van der Waals surface area contributed by atoms with E-state index in [-0.39, 0.29) is 5.56 Å². The predicted molar refractivity (Wildman–Crippen MR) is 87.3 cm³/mol. The van der Waals surface area contributed by atoms with E-state index in [1.807, 2.05) is 0 Å². The van der Waals surface area contributed by atoms with Crippen molar-refractivity contribution in [2.75, 3.05) is 26.2 Å². The van der Waals surface area contributed by atoms with Gasteiger partial charge in [-0.25, -0.2) is 4.98 Å². The summed E-state index contributed by atoms with van der Waals surface area (Å²) in [6, 6.07) is 0. The zero-order valence-corrected chi connectivity index (χ0v) is 14.3. The summed E-state index contributed by atoms with van der Waals surface area (Å²) in [6.07, 6.45) is 6.63. The van der Waals surface area contributed by atoms with Gasteiger partial charge >= 0.3 is 0 Å². The van der Waals surface area contributed by atoms with Crippen LogP contribution < -0.4 is 5.56 Å². The van der Waals surface area contributed by atoms with Crippen LogP contribution in [0, 0.1) is 12.8 Å². The number of aryl methyl sites for hydroxylation is 1. The van der Waals surface area contributed by atoms with E-state index in [0.29, 0.717) is 44.2 Å². The fourth-order valence-corrected chi connectivity index (χ4v) is 5.09. The van der Waals surface area contributed by atoms with Crippen molar-refractivity contribution in [3.8, 4) is 0 Å². The Morgan fingerprint density at radius 2 is 1.74 bits per heavy atom. The van der Waals surface area contributed by atoms with E-state index < -0.39 is 10.2 Å². The highest BCUT2D eigenvalue weighted by molar-refractivity contribution is 7.86. The van der Waals surface area contributed by atoms with Crippen molar-refractivity contribution in [2.24, 2.45) is 5.92 Å². The summed E-state index contributed by atoms with van der Waals surface area (Å²) in [4.78, 5) is 16.1. The van der Waals surface area contributed by atoms with Gasteiger partial charge in [0, 0.05) is 44.5 Å². The monoisotopic (exact) mass is 340 g/mol. The third kappa shape index (κ3) is 3.49. The van der Waals surface area contributed by atoms with Gasteiger partial charge in [-0.3, -0.25) is 9.36 Å². The molecular formula is C15H24N4O3S. The normalized spacial score (nSPS) is 21.8. The van der Waals surface area contributed by atoms with Crippen LogP contribution in [0.15, 0.2) is 17.3 Å². The summed E-state index contributed by atoms with van der Waals surface area (Å²) >= 11 is 0. The topological polar surface area (TPSA) is 75.5 Å². The molecule has 0 spiro atoms. The van der Waals surface area contributed by atoms with Crippen molar-refractivity contribution < 1.29 is 8.42 Å². The molecule has 128 valence electrons. The van der Waals surface area contributed by atoms with Crippen LogP contribution in [0.5, 0.6) is 0 Å². The highest BCUT2D eigenvalue weighted by atomic mass is 32.2. The Balaban J connectivity index is 1.60. The standard InChI is InChI=1S/C15H24N4O3S/c1-13-10-16-12-17(15(13)20)11-14-4-8-19(9-5-14)23(21,22)18-6-2-3-7-18/h10,12,14H,2-9,11H2,1H3. The first-order chi connectivity index (χ1) is 11.0. The van der Waals surface area contributed by atoms with Gasteiger partial charge in [0.2, 0.25) is 0 Å². The molecular weight excluding hydrogens is 316 g/mol. The molecule has 0 amide bonds. The minimum atomic E-state index is -3.29. The van der Waals surface area contributed by atoms with Crippen molar-refractivity contribution >= 4 is 10.2 Å². The van der Waals surface area contributed by atoms with Gasteiger partial charge in [0.1, 0.15) is 0 Å². The van der Waals surface area contributed by atoms with Crippen LogP contribution in [0.2, 0.25) is 0 Å². The van der Waals surface area contributed by atoms with Crippen molar-refractivity contribution in [3.05, 3.63) is 28.4 Å². The lowest BCUT2D eigenvalue weighted by Gasteiger charge is -2.33. The second kappa shape index (κ2) is 6.70. The van der Waals surface area contributed by atoms with Crippen LogP contribution >= 0.6 is 0 Å². The molecule has 2 aliphatic heterocycles. The second-order valence-corrected chi connectivity index (χ2v) is 8.42. The third-order valence-electron chi connectivity index (χ3n) is 4.82.